The highest BCUT2D eigenvalue weighted by molar-refractivity contribution is 6.42. The van der Waals surface area contributed by atoms with E-state index >= 15 is 0 Å². The Kier molecular flexibility index (Phi) is 4.91. The van der Waals surface area contributed by atoms with Gasteiger partial charge in [-0.15, -0.1) is 0 Å². The van der Waals surface area contributed by atoms with Crippen LogP contribution in [0.4, 0.5) is 0 Å². The molecule has 2 unspecified atom stereocenters. The lowest BCUT2D eigenvalue weighted by molar-refractivity contribution is 0.199. The molecule has 0 bridgehead atoms. The topological polar surface area (TPSA) is 15.3 Å². The zero-order valence-electron chi connectivity index (χ0n) is 10.9. The van der Waals surface area contributed by atoms with E-state index in [1.165, 1.54) is 12.0 Å². The molecule has 1 aromatic carbocycles. The van der Waals surface area contributed by atoms with Gasteiger partial charge in [-0.3, -0.25) is 4.90 Å². The summed E-state index contributed by atoms with van der Waals surface area (Å²) in [4.78, 5) is 2.50. The number of nitrogens with zero attached hydrogens (tertiary/aromatic N) is 1. The van der Waals surface area contributed by atoms with E-state index in [0.29, 0.717) is 22.1 Å². The molecule has 0 saturated carbocycles. The van der Waals surface area contributed by atoms with Gasteiger partial charge in [-0.05, 0) is 44.5 Å². The van der Waals surface area contributed by atoms with Gasteiger partial charge in [0.1, 0.15) is 0 Å². The summed E-state index contributed by atoms with van der Waals surface area (Å²) in [7, 11) is 0. The van der Waals surface area contributed by atoms with E-state index in [1.54, 1.807) is 0 Å². The molecule has 0 spiro atoms. The Labute approximate surface area is 119 Å². The Hall–Kier alpha value is -0.280. The van der Waals surface area contributed by atoms with Crippen molar-refractivity contribution in [1.82, 2.24) is 10.2 Å². The molecule has 1 heterocycles. The molecular formula is C14H20Cl2N2. The third-order valence-corrected chi connectivity index (χ3v) is 4.30. The third kappa shape index (κ3) is 3.61. The van der Waals surface area contributed by atoms with Crippen molar-refractivity contribution in [2.45, 2.75) is 38.9 Å². The monoisotopic (exact) mass is 286 g/mol. The Bertz CT molecular complexity index is 409. The smallest absolute Gasteiger partial charge is 0.0595 e. The second-order valence-corrected chi connectivity index (χ2v) is 5.99. The fraction of sp³-hybridized carbons (Fsp3) is 0.571. The molecule has 18 heavy (non-hydrogen) atoms. The van der Waals surface area contributed by atoms with Crippen LogP contribution < -0.4 is 5.32 Å². The van der Waals surface area contributed by atoms with Gasteiger partial charge >= 0.3 is 0 Å². The molecule has 1 aliphatic rings. The van der Waals surface area contributed by atoms with Gasteiger partial charge in [0.15, 0.2) is 0 Å². The van der Waals surface area contributed by atoms with Crippen LogP contribution in [0, 0.1) is 0 Å². The molecule has 2 rings (SSSR count). The van der Waals surface area contributed by atoms with Crippen LogP contribution in [0.15, 0.2) is 18.2 Å². The fourth-order valence-electron chi connectivity index (χ4n) is 2.41. The number of hydrogen-bond acceptors (Lipinski definition) is 2. The van der Waals surface area contributed by atoms with Crippen molar-refractivity contribution >= 4 is 23.2 Å². The summed E-state index contributed by atoms with van der Waals surface area (Å²) >= 11 is 12.0. The van der Waals surface area contributed by atoms with Gasteiger partial charge in [0.05, 0.1) is 10.0 Å². The Morgan fingerprint density at radius 2 is 2.06 bits per heavy atom. The molecule has 4 heteroatoms. The largest absolute Gasteiger partial charge is 0.313 e. The maximum Gasteiger partial charge on any atom is 0.0595 e. The fourth-order valence-corrected chi connectivity index (χ4v) is 2.73. The number of nitrogens with one attached hydrogen (secondary N) is 1. The minimum absolute atomic E-state index is 0.540. The second kappa shape index (κ2) is 6.25. The van der Waals surface area contributed by atoms with Crippen molar-refractivity contribution in [2.75, 3.05) is 13.1 Å². The minimum atomic E-state index is 0.540. The molecule has 0 aliphatic carbocycles. The lowest BCUT2D eigenvalue weighted by Gasteiger charge is -2.28. The first kappa shape index (κ1) is 14.1. The molecular weight excluding hydrogens is 267 g/mol. The first-order valence-corrected chi connectivity index (χ1v) is 7.23. The Morgan fingerprint density at radius 1 is 1.28 bits per heavy atom. The van der Waals surface area contributed by atoms with Crippen LogP contribution in [0.3, 0.4) is 0 Å². The predicted molar refractivity (Wildman–Crippen MR) is 78.4 cm³/mol. The molecule has 0 amide bonds. The molecule has 1 aromatic rings. The van der Waals surface area contributed by atoms with Gasteiger partial charge in [-0.1, -0.05) is 29.3 Å². The Morgan fingerprint density at radius 3 is 2.78 bits per heavy atom. The number of halogens is 2. The van der Waals surface area contributed by atoms with Crippen LogP contribution in [0.2, 0.25) is 10.0 Å². The van der Waals surface area contributed by atoms with Gasteiger partial charge < -0.3 is 5.32 Å². The summed E-state index contributed by atoms with van der Waals surface area (Å²) in [5, 5.41) is 4.79. The summed E-state index contributed by atoms with van der Waals surface area (Å²) in [5.41, 5.74) is 1.23. The molecule has 0 radical (unpaired) electrons. The van der Waals surface area contributed by atoms with Crippen LogP contribution in [0.1, 0.15) is 25.8 Å². The maximum atomic E-state index is 6.07. The highest BCUT2D eigenvalue weighted by Gasteiger charge is 2.20. The SMILES string of the molecule is CC1CN(Cc2ccc(Cl)c(Cl)c2)C(C)CCN1. The number of hydrogen-bond donors (Lipinski definition) is 1. The van der Waals surface area contributed by atoms with Crippen molar-refractivity contribution in [3.8, 4) is 0 Å². The van der Waals surface area contributed by atoms with Gasteiger partial charge in [0.25, 0.3) is 0 Å². The maximum absolute atomic E-state index is 6.07. The lowest BCUT2D eigenvalue weighted by atomic mass is 10.1. The first-order chi connectivity index (χ1) is 8.56. The van der Waals surface area contributed by atoms with Crippen LogP contribution in [-0.4, -0.2) is 30.1 Å². The average Bonchev–Trinajstić information content (AvgIpc) is 2.47. The molecule has 2 nitrogen and oxygen atoms in total. The van der Waals surface area contributed by atoms with Crippen LogP contribution >= 0.6 is 23.2 Å². The van der Waals surface area contributed by atoms with E-state index in [-0.39, 0.29) is 0 Å². The van der Waals surface area contributed by atoms with E-state index in [4.69, 9.17) is 23.2 Å². The summed E-state index contributed by atoms with van der Waals surface area (Å²) in [5.74, 6) is 0. The summed E-state index contributed by atoms with van der Waals surface area (Å²) in [6.07, 6.45) is 1.19. The van der Waals surface area contributed by atoms with Crippen molar-refractivity contribution in [3.05, 3.63) is 33.8 Å². The molecule has 1 fully saturated rings. The molecule has 2 atom stereocenters. The van der Waals surface area contributed by atoms with Gasteiger partial charge in [0, 0.05) is 25.2 Å². The first-order valence-electron chi connectivity index (χ1n) is 6.47. The average molecular weight is 287 g/mol. The molecule has 0 aromatic heterocycles. The molecule has 1 aliphatic heterocycles. The summed E-state index contributed by atoms with van der Waals surface area (Å²) < 4.78 is 0. The molecule has 1 saturated heterocycles. The zero-order chi connectivity index (χ0) is 13.1. The predicted octanol–water partition coefficient (Wildman–Crippen LogP) is 3.57. The van der Waals surface area contributed by atoms with Crippen molar-refractivity contribution in [3.63, 3.8) is 0 Å². The normalized spacial score (nSPS) is 26.0. The Balaban J connectivity index is 2.08. The van der Waals surface area contributed by atoms with E-state index in [0.717, 1.165) is 19.6 Å². The summed E-state index contributed by atoms with van der Waals surface area (Å²) in [6, 6.07) is 7.04. The lowest BCUT2D eigenvalue weighted by Crippen LogP contribution is -2.37. The summed E-state index contributed by atoms with van der Waals surface area (Å²) in [6.45, 7) is 7.63. The van der Waals surface area contributed by atoms with E-state index < -0.39 is 0 Å². The number of benzene rings is 1. The van der Waals surface area contributed by atoms with E-state index in [2.05, 4.69) is 30.1 Å². The van der Waals surface area contributed by atoms with Gasteiger partial charge in [0.2, 0.25) is 0 Å². The molecule has 1 N–H and O–H groups in total. The highest BCUT2D eigenvalue weighted by atomic mass is 35.5. The standard InChI is InChI=1S/C14H20Cl2N2/c1-10-8-18(11(2)5-6-17-10)9-12-3-4-13(15)14(16)7-12/h3-4,7,10-11,17H,5-6,8-9H2,1-2H3. The van der Waals surface area contributed by atoms with Gasteiger partial charge in [-0.2, -0.15) is 0 Å². The van der Waals surface area contributed by atoms with Crippen LogP contribution in [0.5, 0.6) is 0 Å². The minimum Gasteiger partial charge on any atom is -0.313 e. The second-order valence-electron chi connectivity index (χ2n) is 5.17. The van der Waals surface area contributed by atoms with Crippen molar-refractivity contribution < 1.29 is 0 Å². The zero-order valence-corrected chi connectivity index (χ0v) is 12.4. The highest BCUT2D eigenvalue weighted by Crippen LogP contribution is 2.24. The quantitative estimate of drug-likeness (QED) is 0.894. The van der Waals surface area contributed by atoms with Crippen molar-refractivity contribution in [1.29, 1.82) is 0 Å². The van der Waals surface area contributed by atoms with Crippen LogP contribution in [-0.2, 0) is 6.54 Å². The van der Waals surface area contributed by atoms with E-state index in [1.807, 2.05) is 12.1 Å². The number of rotatable bonds is 2. The van der Waals surface area contributed by atoms with Gasteiger partial charge in [-0.25, -0.2) is 0 Å². The van der Waals surface area contributed by atoms with E-state index in [9.17, 15) is 0 Å². The van der Waals surface area contributed by atoms with Crippen molar-refractivity contribution in [2.24, 2.45) is 0 Å². The third-order valence-electron chi connectivity index (χ3n) is 3.56. The molecule has 100 valence electrons. The van der Waals surface area contributed by atoms with Crippen LogP contribution in [0.25, 0.3) is 0 Å².